The zero-order valence-electron chi connectivity index (χ0n) is 19.8. The van der Waals surface area contributed by atoms with Crippen LogP contribution in [0.3, 0.4) is 0 Å². The van der Waals surface area contributed by atoms with Crippen molar-refractivity contribution in [1.29, 1.82) is 0 Å². The molecule has 37 heavy (non-hydrogen) atoms. The summed E-state index contributed by atoms with van der Waals surface area (Å²) in [6.07, 6.45) is 4.87. The molecule has 1 atom stereocenters. The summed E-state index contributed by atoms with van der Waals surface area (Å²) in [5.74, 6) is 0.452. The van der Waals surface area contributed by atoms with Crippen LogP contribution in [-0.4, -0.2) is 33.1 Å². The Morgan fingerprint density at radius 2 is 1.76 bits per heavy atom. The van der Waals surface area contributed by atoms with Gasteiger partial charge in [-0.3, -0.25) is 9.59 Å². The van der Waals surface area contributed by atoms with Gasteiger partial charge < -0.3 is 15.2 Å². The molecule has 0 bridgehead atoms. The summed E-state index contributed by atoms with van der Waals surface area (Å²) in [7, 11) is 0. The van der Waals surface area contributed by atoms with Crippen LogP contribution < -0.4 is 5.32 Å². The molecule has 5 rings (SSSR count). The average Bonchev–Trinajstić information content (AvgIpc) is 3.53. The third kappa shape index (κ3) is 5.53. The zero-order valence-corrected chi connectivity index (χ0v) is 22.2. The lowest BCUT2D eigenvalue weighted by Crippen LogP contribution is -2.33. The first-order chi connectivity index (χ1) is 18.0. The Hall–Kier alpha value is -3.68. The molecule has 4 aromatic rings. The van der Waals surface area contributed by atoms with Crippen LogP contribution in [0.4, 0.5) is 5.69 Å². The van der Waals surface area contributed by atoms with Crippen LogP contribution >= 0.6 is 27.5 Å². The number of nitrogens with one attached hydrogen (secondary N) is 2. The predicted octanol–water partition coefficient (Wildman–Crippen LogP) is 6.59. The van der Waals surface area contributed by atoms with Gasteiger partial charge in [0.05, 0.1) is 11.6 Å². The number of benzene rings is 3. The summed E-state index contributed by atoms with van der Waals surface area (Å²) in [6, 6.07) is 23.4. The molecule has 1 amide bonds. The Labute approximate surface area is 228 Å². The van der Waals surface area contributed by atoms with Gasteiger partial charge in [-0.2, -0.15) is 0 Å². The summed E-state index contributed by atoms with van der Waals surface area (Å²) in [5, 5.41) is 3.83. The van der Waals surface area contributed by atoms with Crippen molar-refractivity contribution in [2.24, 2.45) is 0 Å². The second-order valence-electron chi connectivity index (χ2n) is 8.71. The summed E-state index contributed by atoms with van der Waals surface area (Å²) in [5.41, 5.74) is 2.77. The molecule has 1 aliphatic heterocycles. The Bertz CT molecular complexity index is 1420. The molecule has 0 saturated carbocycles. The maximum atomic E-state index is 14.0. The maximum absolute atomic E-state index is 14.0. The molecule has 186 valence electrons. The molecular formula is C29H24BrClN4O2. The van der Waals surface area contributed by atoms with Crippen molar-refractivity contribution >= 4 is 44.9 Å². The summed E-state index contributed by atoms with van der Waals surface area (Å²) in [4.78, 5) is 37.1. The third-order valence-corrected chi connectivity index (χ3v) is 7.06. The molecular weight excluding hydrogens is 552 g/mol. The fourth-order valence-electron chi connectivity index (χ4n) is 4.52. The van der Waals surface area contributed by atoms with E-state index >= 15 is 0 Å². The van der Waals surface area contributed by atoms with Gasteiger partial charge in [-0.25, -0.2) is 4.98 Å². The van der Waals surface area contributed by atoms with Crippen molar-refractivity contribution in [3.05, 3.63) is 129 Å². The second kappa shape index (κ2) is 11.2. The molecule has 0 fully saturated rings. The molecule has 6 nitrogen and oxygen atoms in total. The van der Waals surface area contributed by atoms with E-state index in [1.807, 2.05) is 42.5 Å². The summed E-state index contributed by atoms with van der Waals surface area (Å²) >= 11 is 9.57. The van der Waals surface area contributed by atoms with Crippen molar-refractivity contribution in [3.8, 4) is 0 Å². The van der Waals surface area contributed by atoms with Gasteiger partial charge in [0.1, 0.15) is 11.5 Å². The highest BCUT2D eigenvalue weighted by Gasteiger charge is 2.43. The van der Waals surface area contributed by atoms with Gasteiger partial charge >= 0.3 is 0 Å². The van der Waals surface area contributed by atoms with E-state index in [1.54, 1.807) is 53.7 Å². The van der Waals surface area contributed by atoms with E-state index in [1.165, 1.54) is 0 Å². The fourth-order valence-corrected chi connectivity index (χ4v) is 4.91. The highest BCUT2D eigenvalue weighted by atomic mass is 79.9. The summed E-state index contributed by atoms with van der Waals surface area (Å²) in [6.45, 7) is 0.456. The Morgan fingerprint density at radius 1 is 1.03 bits per heavy atom. The van der Waals surface area contributed by atoms with Crippen LogP contribution in [0.1, 0.15) is 34.2 Å². The Morgan fingerprint density at radius 3 is 2.43 bits per heavy atom. The molecule has 0 spiro atoms. The number of ketones is 1. The monoisotopic (exact) mass is 574 g/mol. The number of carbonyl (C=O) groups excluding carboxylic acids is 2. The number of hydrogen-bond donors (Lipinski definition) is 2. The van der Waals surface area contributed by atoms with Crippen molar-refractivity contribution in [2.45, 2.75) is 18.9 Å². The van der Waals surface area contributed by atoms with Gasteiger partial charge in [0.25, 0.3) is 5.91 Å². The standard InChI is InChI=1S/C29H24BrClN4O2/c30-21-10-8-19(9-11-21)27-25(28(36)20-5-2-1-3-6-20)26(34-23-14-12-22(31)13-15-23)29(37)35(27)18-4-7-24-32-16-17-33-24/h1-3,5-6,8-17,27,34H,4,7,18H2,(H,32,33). The van der Waals surface area contributed by atoms with E-state index in [-0.39, 0.29) is 17.4 Å². The largest absolute Gasteiger partial charge is 0.351 e. The number of Topliss-reactive ketones (excluding diaryl/α,β-unsaturated/α-hetero) is 1. The molecule has 3 aromatic carbocycles. The zero-order chi connectivity index (χ0) is 25.8. The number of rotatable bonds is 9. The van der Waals surface area contributed by atoms with Gasteiger partial charge in [-0.1, -0.05) is 70.0 Å². The number of halogens is 2. The van der Waals surface area contributed by atoms with E-state index in [0.29, 0.717) is 41.2 Å². The van der Waals surface area contributed by atoms with Crippen molar-refractivity contribution in [3.63, 3.8) is 0 Å². The predicted molar refractivity (Wildman–Crippen MR) is 148 cm³/mol. The minimum absolute atomic E-state index is 0.188. The normalized spacial score (nSPS) is 15.4. The number of imidazole rings is 1. The van der Waals surface area contributed by atoms with Gasteiger partial charge in [0.15, 0.2) is 5.78 Å². The Kier molecular flexibility index (Phi) is 7.53. The summed E-state index contributed by atoms with van der Waals surface area (Å²) < 4.78 is 0.921. The SMILES string of the molecule is O=C(C1=C(Nc2ccc(Cl)cc2)C(=O)N(CCCc2ncc[nH]2)C1c1ccc(Br)cc1)c1ccccc1. The van der Waals surface area contributed by atoms with E-state index in [0.717, 1.165) is 15.9 Å². The molecule has 1 aliphatic rings. The topological polar surface area (TPSA) is 78.1 Å². The number of nitrogens with zero attached hydrogens (tertiary/aromatic N) is 2. The Balaban J connectivity index is 1.58. The minimum Gasteiger partial charge on any atom is -0.351 e. The highest BCUT2D eigenvalue weighted by molar-refractivity contribution is 9.10. The van der Waals surface area contributed by atoms with Gasteiger partial charge in [-0.15, -0.1) is 0 Å². The first kappa shape index (κ1) is 25.0. The molecule has 2 N–H and O–H groups in total. The average molecular weight is 576 g/mol. The third-order valence-electron chi connectivity index (χ3n) is 6.28. The van der Waals surface area contributed by atoms with Crippen molar-refractivity contribution in [2.75, 3.05) is 11.9 Å². The molecule has 0 saturated heterocycles. The highest BCUT2D eigenvalue weighted by Crippen LogP contribution is 2.40. The quantitative estimate of drug-likeness (QED) is 0.221. The number of amides is 1. The number of aromatic nitrogens is 2. The molecule has 8 heteroatoms. The molecule has 0 radical (unpaired) electrons. The number of anilines is 1. The van der Waals surface area contributed by atoms with Crippen molar-refractivity contribution < 1.29 is 9.59 Å². The van der Waals surface area contributed by atoms with Crippen LogP contribution in [-0.2, 0) is 11.2 Å². The molecule has 2 heterocycles. The molecule has 1 unspecified atom stereocenters. The second-order valence-corrected chi connectivity index (χ2v) is 10.1. The van der Waals surface area contributed by atoms with E-state index in [2.05, 4.69) is 31.2 Å². The van der Waals surface area contributed by atoms with Crippen molar-refractivity contribution in [1.82, 2.24) is 14.9 Å². The van der Waals surface area contributed by atoms with E-state index in [4.69, 9.17) is 11.6 Å². The van der Waals surface area contributed by atoms with Crippen LogP contribution in [0, 0.1) is 0 Å². The van der Waals surface area contributed by atoms with Gasteiger partial charge in [0, 0.05) is 46.1 Å². The van der Waals surface area contributed by atoms with Crippen LogP contribution in [0.25, 0.3) is 0 Å². The van der Waals surface area contributed by atoms with Gasteiger partial charge in [-0.05, 0) is 48.4 Å². The van der Waals surface area contributed by atoms with Crippen LogP contribution in [0.15, 0.2) is 107 Å². The number of carbonyl (C=O) groups is 2. The molecule has 1 aromatic heterocycles. The van der Waals surface area contributed by atoms with Gasteiger partial charge in [0.2, 0.25) is 0 Å². The smallest absolute Gasteiger partial charge is 0.271 e. The lowest BCUT2D eigenvalue weighted by atomic mass is 9.92. The fraction of sp³-hybridized carbons (Fsp3) is 0.138. The van der Waals surface area contributed by atoms with E-state index in [9.17, 15) is 9.59 Å². The lowest BCUT2D eigenvalue weighted by molar-refractivity contribution is -0.127. The van der Waals surface area contributed by atoms with Crippen LogP contribution in [0.2, 0.25) is 5.02 Å². The lowest BCUT2D eigenvalue weighted by Gasteiger charge is -2.27. The van der Waals surface area contributed by atoms with Crippen LogP contribution in [0.5, 0.6) is 0 Å². The first-order valence-corrected chi connectivity index (χ1v) is 13.1. The first-order valence-electron chi connectivity index (χ1n) is 11.9. The maximum Gasteiger partial charge on any atom is 0.271 e. The molecule has 0 aliphatic carbocycles. The number of H-pyrrole nitrogens is 1. The number of aryl methyl sites for hydroxylation is 1. The number of aromatic amines is 1. The van der Waals surface area contributed by atoms with E-state index < -0.39 is 6.04 Å². The number of hydrogen-bond acceptors (Lipinski definition) is 4. The minimum atomic E-state index is -0.542.